The monoisotopic (exact) mass is 376 g/mol. The predicted molar refractivity (Wildman–Crippen MR) is 84.5 cm³/mol. The van der Waals surface area contributed by atoms with E-state index in [1.807, 2.05) is 0 Å². The molecule has 0 amide bonds. The highest BCUT2D eigenvalue weighted by Crippen LogP contribution is 2.19. The Morgan fingerprint density at radius 3 is 1.62 bits per heavy atom. The minimum Gasteiger partial charge on any atom is -0.454 e. The summed E-state index contributed by atoms with van der Waals surface area (Å²) in [5.74, 6) is -3.26. The van der Waals surface area contributed by atoms with Crippen LogP contribution in [0.15, 0.2) is 0 Å². The predicted octanol–water partition coefficient (Wildman–Crippen LogP) is 0.296. The third-order valence-electron chi connectivity index (χ3n) is 2.72. The van der Waals surface area contributed by atoms with Crippen molar-refractivity contribution in [2.45, 2.75) is 65.6 Å². The highest BCUT2D eigenvalue weighted by molar-refractivity contribution is 5.72. The van der Waals surface area contributed by atoms with Gasteiger partial charge in [-0.2, -0.15) is 0 Å². The number of carbonyl (C=O) groups is 5. The molecule has 0 rings (SSSR count). The molecule has 0 aliphatic heterocycles. The number of hydrogen-bond donors (Lipinski definition) is 0. The van der Waals surface area contributed by atoms with E-state index in [0.717, 1.165) is 27.7 Å². The van der Waals surface area contributed by atoms with Gasteiger partial charge in [0.2, 0.25) is 12.4 Å². The number of esters is 4. The number of rotatable bonds is 11. The van der Waals surface area contributed by atoms with Gasteiger partial charge in [-0.15, -0.1) is 0 Å². The number of hydrogen-bond acceptors (Lipinski definition) is 10. The summed E-state index contributed by atoms with van der Waals surface area (Å²) in [6.45, 7) is 6.13. The van der Waals surface area contributed by atoms with Crippen LogP contribution in [0.25, 0.3) is 0 Å². The van der Waals surface area contributed by atoms with Gasteiger partial charge in [0.25, 0.3) is 0 Å². The largest absolute Gasteiger partial charge is 0.454 e. The first-order valence-electron chi connectivity index (χ1n) is 7.88. The maximum Gasteiger partial charge on any atom is 0.305 e. The molecule has 10 heteroatoms. The van der Waals surface area contributed by atoms with Crippen LogP contribution in [0.5, 0.6) is 0 Å². The fourth-order valence-electron chi connectivity index (χ4n) is 1.94. The van der Waals surface area contributed by atoms with Crippen LogP contribution in [0, 0.1) is 0 Å². The van der Waals surface area contributed by atoms with Crippen LogP contribution in [0.4, 0.5) is 0 Å². The average Bonchev–Trinajstić information content (AvgIpc) is 2.51. The lowest BCUT2D eigenvalue weighted by Crippen LogP contribution is -2.52. The summed E-state index contributed by atoms with van der Waals surface area (Å²) in [5, 5.41) is 0. The van der Waals surface area contributed by atoms with Crippen molar-refractivity contribution in [2.24, 2.45) is 0 Å². The first-order chi connectivity index (χ1) is 12.1. The van der Waals surface area contributed by atoms with Crippen molar-refractivity contribution >= 4 is 30.2 Å². The summed E-state index contributed by atoms with van der Waals surface area (Å²) in [7, 11) is 0. The summed E-state index contributed by atoms with van der Waals surface area (Å²) < 4.78 is 25.2. The molecule has 10 nitrogen and oxygen atoms in total. The lowest BCUT2D eigenvalue weighted by atomic mass is 10.1. The molecule has 0 spiro atoms. The van der Waals surface area contributed by atoms with Crippen molar-refractivity contribution in [3.63, 3.8) is 0 Å². The second-order valence-corrected chi connectivity index (χ2v) is 5.21. The molecule has 0 aromatic rings. The van der Waals surface area contributed by atoms with Crippen molar-refractivity contribution in [1.29, 1.82) is 0 Å². The van der Waals surface area contributed by atoms with Crippen molar-refractivity contribution in [1.82, 2.24) is 0 Å². The van der Waals surface area contributed by atoms with Crippen LogP contribution < -0.4 is 0 Å². The topological polar surface area (TPSA) is 132 Å². The highest BCUT2D eigenvalue weighted by Gasteiger charge is 2.44. The Morgan fingerprint density at radius 1 is 0.769 bits per heavy atom. The summed E-state index contributed by atoms with van der Waals surface area (Å²) in [6, 6.07) is 0. The van der Waals surface area contributed by atoms with E-state index in [4.69, 9.17) is 23.7 Å². The highest BCUT2D eigenvalue weighted by atomic mass is 16.7. The van der Waals surface area contributed by atoms with Crippen LogP contribution in [-0.2, 0) is 47.7 Å². The Kier molecular flexibility index (Phi) is 10.8. The van der Waals surface area contributed by atoms with E-state index in [0.29, 0.717) is 6.42 Å². The second kappa shape index (κ2) is 12.0. The molecular formula is C16H24O10. The zero-order valence-electron chi connectivity index (χ0n) is 15.4. The molecule has 0 saturated carbocycles. The average molecular weight is 376 g/mol. The molecule has 0 bridgehead atoms. The van der Waals surface area contributed by atoms with Crippen molar-refractivity contribution in [3.8, 4) is 0 Å². The smallest absolute Gasteiger partial charge is 0.305 e. The van der Waals surface area contributed by atoms with E-state index >= 15 is 0 Å². The fraction of sp³-hybridized carbons (Fsp3) is 0.688. The lowest BCUT2D eigenvalue weighted by molar-refractivity contribution is -0.237. The van der Waals surface area contributed by atoms with Crippen molar-refractivity contribution in [3.05, 3.63) is 0 Å². The van der Waals surface area contributed by atoms with E-state index in [1.165, 1.54) is 0 Å². The van der Waals surface area contributed by atoms with E-state index in [2.05, 4.69) is 0 Å². The van der Waals surface area contributed by atoms with Crippen LogP contribution in [0.1, 0.15) is 41.0 Å². The number of aldehydes is 1. The second-order valence-electron chi connectivity index (χ2n) is 5.21. The zero-order valence-corrected chi connectivity index (χ0v) is 15.4. The summed E-state index contributed by atoms with van der Waals surface area (Å²) in [6.07, 6.45) is -5.48. The summed E-state index contributed by atoms with van der Waals surface area (Å²) in [4.78, 5) is 56.9. The minimum absolute atomic E-state index is 0.113. The van der Waals surface area contributed by atoms with Gasteiger partial charge in [-0.25, -0.2) is 0 Å². The van der Waals surface area contributed by atoms with E-state index in [9.17, 15) is 24.0 Å². The molecule has 0 radical (unpaired) electrons. The van der Waals surface area contributed by atoms with Gasteiger partial charge in [0.05, 0.1) is 6.61 Å². The quantitative estimate of drug-likeness (QED) is 0.214. The number of carbonyl (C=O) groups excluding carboxylic acids is 5. The Hall–Kier alpha value is -2.49. The van der Waals surface area contributed by atoms with Gasteiger partial charge in [-0.05, 0) is 6.42 Å². The third-order valence-corrected chi connectivity index (χ3v) is 2.72. The lowest BCUT2D eigenvalue weighted by Gasteiger charge is -2.33. The molecule has 0 aliphatic rings. The molecule has 4 atom stereocenters. The van der Waals surface area contributed by atoms with E-state index in [-0.39, 0.29) is 12.9 Å². The van der Waals surface area contributed by atoms with Crippen molar-refractivity contribution in [2.75, 3.05) is 6.61 Å². The summed E-state index contributed by atoms with van der Waals surface area (Å²) in [5.41, 5.74) is 0. The Morgan fingerprint density at radius 2 is 1.23 bits per heavy atom. The van der Waals surface area contributed by atoms with Crippen LogP contribution in [0.2, 0.25) is 0 Å². The van der Waals surface area contributed by atoms with Gasteiger partial charge in [0.1, 0.15) is 0 Å². The van der Waals surface area contributed by atoms with Crippen LogP contribution >= 0.6 is 0 Å². The van der Waals surface area contributed by atoms with Gasteiger partial charge in [-0.3, -0.25) is 24.0 Å². The van der Waals surface area contributed by atoms with Gasteiger partial charge in [0, 0.05) is 27.7 Å². The maximum atomic E-state index is 11.5. The first kappa shape index (κ1) is 23.5. The molecule has 0 N–H and O–H groups in total. The fourth-order valence-corrected chi connectivity index (χ4v) is 1.94. The molecule has 0 aromatic carbocycles. The SMILES string of the molecule is CCCOC(OC(C)=O)[C@@H](OC(C)=O)[C@@H](OC(C)=O)[C@@H](C=O)OC(C)=O. The zero-order chi connectivity index (χ0) is 20.3. The van der Waals surface area contributed by atoms with Gasteiger partial charge in [-0.1, -0.05) is 6.92 Å². The van der Waals surface area contributed by atoms with Crippen LogP contribution in [-0.4, -0.2) is 61.4 Å². The van der Waals surface area contributed by atoms with Gasteiger partial charge >= 0.3 is 23.9 Å². The summed E-state index contributed by atoms with van der Waals surface area (Å²) >= 11 is 0. The number of ether oxygens (including phenoxy) is 5. The Balaban J connectivity index is 5.91. The molecule has 26 heavy (non-hydrogen) atoms. The molecule has 148 valence electrons. The van der Waals surface area contributed by atoms with Crippen molar-refractivity contribution < 1.29 is 47.7 Å². The standard InChI is InChI=1S/C16H24O10/c1-6-7-22-16(26-12(5)21)15(25-11(4)20)14(24-10(3)19)13(8-17)23-9(2)18/h8,13-16H,6-7H2,1-5H3/t13-,14+,15+,16?/m1/s1. The molecule has 0 saturated heterocycles. The normalized spacial score (nSPS) is 15.0. The minimum atomic E-state index is -1.61. The first-order valence-corrected chi connectivity index (χ1v) is 7.88. The Bertz CT molecular complexity index is 515. The van der Waals surface area contributed by atoms with E-state index < -0.39 is 48.5 Å². The van der Waals surface area contributed by atoms with Crippen LogP contribution in [0.3, 0.4) is 0 Å². The molecular weight excluding hydrogens is 352 g/mol. The molecule has 1 unspecified atom stereocenters. The Labute approximate surface area is 151 Å². The molecule has 0 aliphatic carbocycles. The van der Waals surface area contributed by atoms with E-state index in [1.54, 1.807) is 6.92 Å². The third kappa shape index (κ3) is 9.11. The molecule has 0 fully saturated rings. The van der Waals surface area contributed by atoms with Gasteiger partial charge in [0.15, 0.2) is 18.5 Å². The molecule has 0 aromatic heterocycles. The van der Waals surface area contributed by atoms with Gasteiger partial charge < -0.3 is 23.7 Å². The maximum absolute atomic E-state index is 11.5. The molecule has 0 heterocycles.